The van der Waals surface area contributed by atoms with Crippen LogP contribution in [0.1, 0.15) is 18.1 Å². The molecule has 1 unspecified atom stereocenters. The van der Waals surface area contributed by atoms with Gasteiger partial charge in [0.2, 0.25) is 0 Å². The van der Waals surface area contributed by atoms with Crippen LogP contribution in [0.4, 0.5) is 0 Å². The van der Waals surface area contributed by atoms with Gasteiger partial charge in [0.1, 0.15) is 5.60 Å². The molecule has 0 amide bonds. The van der Waals surface area contributed by atoms with Crippen LogP contribution in [0.25, 0.3) is 0 Å². The minimum absolute atomic E-state index is 0.377. The summed E-state index contributed by atoms with van der Waals surface area (Å²) in [5.74, 6) is 0. The molecule has 0 saturated carbocycles. The highest BCUT2D eigenvalue weighted by Crippen LogP contribution is 2.31. The third-order valence-corrected chi connectivity index (χ3v) is 2.78. The Bertz CT molecular complexity index is 334. The Morgan fingerprint density at radius 2 is 2.31 bits per heavy atom. The number of hydrogen-bond acceptors (Lipinski definition) is 2. The first-order valence-electron chi connectivity index (χ1n) is 4.19. The van der Waals surface area contributed by atoms with E-state index < -0.39 is 5.60 Å². The molecular weight excluding hydrogens is 232 g/mol. The van der Waals surface area contributed by atoms with E-state index in [9.17, 15) is 5.11 Å². The van der Waals surface area contributed by atoms with Crippen molar-refractivity contribution in [2.45, 2.75) is 19.1 Å². The van der Waals surface area contributed by atoms with E-state index in [1.807, 2.05) is 18.2 Å². The second kappa shape index (κ2) is 3.08. The molecule has 2 rings (SSSR count). The second-order valence-corrected chi connectivity index (χ2v) is 4.48. The molecule has 1 aliphatic rings. The molecule has 0 radical (unpaired) electrons. The SMILES string of the molecule is CC1(O)COCc2cc(Br)ccc21. The molecule has 0 fully saturated rings. The maximum atomic E-state index is 9.98. The summed E-state index contributed by atoms with van der Waals surface area (Å²) >= 11 is 3.39. The van der Waals surface area contributed by atoms with Gasteiger partial charge in [0.15, 0.2) is 0 Å². The number of benzene rings is 1. The fourth-order valence-electron chi connectivity index (χ4n) is 1.64. The molecule has 1 heterocycles. The van der Waals surface area contributed by atoms with E-state index in [4.69, 9.17) is 4.74 Å². The highest BCUT2D eigenvalue weighted by atomic mass is 79.9. The molecule has 0 saturated heterocycles. The van der Waals surface area contributed by atoms with Gasteiger partial charge in [-0.3, -0.25) is 0 Å². The van der Waals surface area contributed by atoms with Crippen LogP contribution in [0.2, 0.25) is 0 Å². The minimum Gasteiger partial charge on any atom is -0.383 e. The minimum atomic E-state index is -0.839. The van der Waals surface area contributed by atoms with Gasteiger partial charge in [0, 0.05) is 4.47 Å². The van der Waals surface area contributed by atoms with Crippen LogP contribution >= 0.6 is 15.9 Å². The maximum absolute atomic E-state index is 9.98. The van der Waals surface area contributed by atoms with Gasteiger partial charge in [0.05, 0.1) is 13.2 Å². The molecule has 1 aromatic rings. The average Bonchev–Trinajstić information content (AvgIpc) is 2.02. The molecule has 70 valence electrons. The molecule has 1 aliphatic heterocycles. The molecule has 3 heteroatoms. The van der Waals surface area contributed by atoms with Crippen LogP contribution in [0.3, 0.4) is 0 Å². The summed E-state index contributed by atoms with van der Waals surface area (Å²) in [6.45, 7) is 2.74. The molecule has 1 atom stereocenters. The van der Waals surface area contributed by atoms with E-state index in [0.29, 0.717) is 13.2 Å². The third-order valence-electron chi connectivity index (χ3n) is 2.29. The van der Waals surface area contributed by atoms with Crippen molar-refractivity contribution in [3.8, 4) is 0 Å². The molecule has 0 spiro atoms. The van der Waals surface area contributed by atoms with E-state index in [-0.39, 0.29) is 0 Å². The molecule has 1 aromatic carbocycles. The normalized spacial score (nSPS) is 27.0. The van der Waals surface area contributed by atoms with E-state index in [1.165, 1.54) is 0 Å². The lowest BCUT2D eigenvalue weighted by molar-refractivity contribution is -0.0603. The standard InChI is InChI=1S/C10H11BrO2/c1-10(12)6-13-5-7-4-8(11)2-3-9(7)10/h2-4,12H,5-6H2,1H3. The smallest absolute Gasteiger partial charge is 0.110 e. The summed E-state index contributed by atoms with van der Waals surface area (Å²) in [5.41, 5.74) is 1.20. The first kappa shape index (κ1) is 9.19. The summed E-state index contributed by atoms with van der Waals surface area (Å²) in [6.07, 6.45) is 0. The third kappa shape index (κ3) is 1.64. The van der Waals surface area contributed by atoms with Gasteiger partial charge < -0.3 is 9.84 Å². The highest BCUT2D eigenvalue weighted by Gasteiger charge is 2.29. The van der Waals surface area contributed by atoms with Crippen molar-refractivity contribution in [3.63, 3.8) is 0 Å². The number of rotatable bonds is 0. The first-order valence-corrected chi connectivity index (χ1v) is 4.98. The molecule has 13 heavy (non-hydrogen) atoms. The van der Waals surface area contributed by atoms with Gasteiger partial charge in [0.25, 0.3) is 0 Å². The predicted molar refractivity (Wildman–Crippen MR) is 53.4 cm³/mol. The molecular formula is C10H11BrO2. The lowest BCUT2D eigenvalue weighted by Crippen LogP contribution is -2.32. The fourth-order valence-corrected chi connectivity index (χ4v) is 2.05. The molecule has 0 aromatic heterocycles. The van der Waals surface area contributed by atoms with Crippen LogP contribution in [-0.2, 0) is 16.9 Å². The van der Waals surface area contributed by atoms with Crippen molar-refractivity contribution in [2.24, 2.45) is 0 Å². The van der Waals surface area contributed by atoms with Gasteiger partial charge in [-0.1, -0.05) is 22.0 Å². The predicted octanol–water partition coefficient (Wildman–Crippen LogP) is 2.19. The van der Waals surface area contributed by atoms with Gasteiger partial charge in [-0.2, -0.15) is 0 Å². The van der Waals surface area contributed by atoms with E-state index >= 15 is 0 Å². The summed E-state index contributed by atoms with van der Waals surface area (Å²) < 4.78 is 6.32. The zero-order valence-corrected chi connectivity index (χ0v) is 8.97. The molecule has 2 nitrogen and oxygen atoms in total. The van der Waals surface area contributed by atoms with Crippen LogP contribution in [-0.4, -0.2) is 11.7 Å². The van der Waals surface area contributed by atoms with Crippen molar-refractivity contribution in [3.05, 3.63) is 33.8 Å². The molecule has 1 N–H and O–H groups in total. The van der Waals surface area contributed by atoms with E-state index in [1.54, 1.807) is 6.92 Å². The van der Waals surface area contributed by atoms with Crippen LogP contribution in [0.15, 0.2) is 22.7 Å². The summed E-state index contributed by atoms with van der Waals surface area (Å²) in [4.78, 5) is 0. The lowest BCUT2D eigenvalue weighted by atomic mass is 9.91. The van der Waals surface area contributed by atoms with Gasteiger partial charge >= 0.3 is 0 Å². The van der Waals surface area contributed by atoms with E-state index in [2.05, 4.69) is 15.9 Å². The Hall–Kier alpha value is -0.380. The number of fused-ring (bicyclic) bond motifs is 1. The first-order chi connectivity index (χ1) is 6.09. The number of hydrogen-bond donors (Lipinski definition) is 1. The van der Waals surface area contributed by atoms with Crippen molar-refractivity contribution in [2.75, 3.05) is 6.61 Å². The largest absolute Gasteiger partial charge is 0.383 e. The van der Waals surface area contributed by atoms with Gasteiger partial charge in [-0.15, -0.1) is 0 Å². The Morgan fingerprint density at radius 3 is 3.08 bits per heavy atom. The maximum Gasteiger partial charge on any atom is 0.110 e. The van der Waals surface area contributed by atoms with E-state index in [0.717, 1.165) is 15.6 Å². The summed E-state index contributed by atoms with van der Waals surface area (Å²) in [6, 6.07) is 5.88. The Kier molecular flexibility index (Phi) is 2.18. The molecule has 0 aliphatic carbocycles. The average molecular weight is 243 g/mol. The monoisotopic (exact) mass is 242 g/mol. The van der Waals surface area contributed by atoms with Crippen LogP contribution < -0.4 is 0 Å². The van der Waals surface area contributed by atoms with Crippen molar-refractivity contribution in [1.82, 2.24) is 0 Å². The van der Waals surface area contributed by atoms with Gasteiger partial charge in [-0.05, 0) is 30.2 Å². The number of ether oxygens (including phenoxy) is 1. The molecule has 0 bridgehead atoms. The number of halogens is 1. The zero-order chi connectivity index (χ0) is 9.47. The van der Waals surface area contributed by atoms with Crippen molar-refractivity contribution < 1.29 is 9.84 Å². The number of aliphatic hydroxyl groups is 1. The summed E-state index contributed by atoms with van der Waals surface area (Å²) in [7, 11) is 0. The van der Waals surface area contributed by atoms with Gasteiger partial charge in [-0.25, -0.2) is 0 Å². The second-order valence-electron chi connectivity index (χ2n) is 3.57. The topological polar surface area (TPSA) is 29.5 Å². The summed E-state index contributed by atoms with van der Waals surface area (Å²) in [5, 5.41) is 9.98. The van der Waals surface area contributed by atoms with Crippen LogP contribution in [0.5, 0.6) is 0 Å². The Morgan fingerprint density at radius 1 is 1.54 bits per heavy atom. The van der Waals surface area contributed by atoms with Crippen molar-refractivity contribution >= 4 is 15.9 Å². The fraction of sp³-hybridized carbons (Fsp3) is 0.400. The zero-order valence-electron chi connectivity index (χ0n) is 7.38. The quantitative estimate of drug-likeness (QED) is 0.756. The van der Waals surface area contributed by atoms with Crippen LogP contribution in [0, 0.1) is 0 Å². The Labute approximate surface area is 85.7 Å². The highest BCUT2D eigenvalue weighted by molar-refractivity contribution is 9.10. The Balaban J connectivity index is 2.53. The van der Waals surface area contributed by atoms with Crippen molar-refractivity contribution in [1.29, 1.82) is 0 Å². The lowest BCUT2D eigenvalue weighted by Gasteiger charge is -2.30.